The van der Waals surface area contributed by atoms with Crippen molar-refractivity contribution in [3.05, 3.63) is 57.0 Å². The van der Waals surface area contributed by atoms with Crippen LogP contribution in [0, 0.1) is 5.92 Å². The number of nitrogens with one attached hydrogen (secondary N) is 1. The Morgan fingerprint density at radius 3 is 2.33 bits per heavy atom. The Morgan fingerprint density at radius 1 is 1.14 bits per heavy atom. The maximum Gasteiger partial charge on any atom is 0.416 e. The number of fused-ring (bicyclic) bond motifs is 1. The molecule has 3 rings (SSSR count). The number of aromatic nitrogens is 2. The molecule has 2 aromatic rings. The van der Waals surface area contributed by atoms with E-state index in [2.05, 4.69) is 10.3 Å². The van der Waals surface area contributed by atoms with Crippen LogP contribution in [0.3, 0.4) is 0 Å². The average molecular weight is 511 g/mol. The zero-order valence-corrected chi connectivity index (χ0v) is 21.4. The first-order valence-corrected chi connectivity index (χ1v) is 11.9. The first kappa shape index (κ1) is 27.3. The van der Waals surface area contributed by atoms with E-state index in [1.807, 2.05) is 13.8 Å². The number of carbonyl (C=O) groups is 1. The highest BCUT2D eigenvalue weighted by molar-refractivity contribution is 5.68. The summed E-state index contributed by atoms with van der Waals surface area (Å²) in [5, 5.41) is 3.11. The molecule has 0 saturated carbocycles. The lowest BCUT2D eigenvalue weighted by molar-refractivity contribution is -0.137. The van der Waals surface area contributed by atoms with Crippen LogP contribution >= 0.6 is 0 Å². The molecule has 1 aliphatic heterocycles. The van der Waals surface area contributed by atoms with Crippen molar-refractivity contribution in [3.8, 4) is 0 Å². The highest BCUT2D eigenvalue weighted by Gasteiger charge is 2.31. The number of nitrogens with zero attached hydrogens (tertiary/aromatic N) is 3. The molecule has 0 radical (unpaired) electrons. The molecule has 1 unspecified atom stereocenters. The number of amides is 1. The third-order valence-electron chi connectivity index (χ3n) is 5.46. The molecule has 1 aromatic heterocycles. The minimum Gasteiger partial charge on any atom is -0.444 e. The summed E-state index contributed by atoms with van der Waals surface area (Å²) in [4.78, 5) is 37.8. The molecule has 1 aromatic carbocycles. The predicted molar refractivity (Wildman–Crippen MR) is 129 cm³/mol. The number of hydrogen-bond acceptors (Lipinski definition) is 6. The molecule has 8 nitrogen and oxygen atoms in total. The van der Waals surface area contributed by atoms with Crippen LogP contribution in [0.1, 0.15) is 70.0 Å². The summed E-state index contributed by atoms with van der Waals surface area (Å²) in [6, 6.07) is 4.33. The Kier molecular flexibility index (Phi) is 7.90. The molecule has 0 bridgehead atoms. The fraction of sp³-hybridized carbons (Fsp3) is 0.560. The van der Waals surface area contributed by atoms with Gasteiger partial charge in [0, 0.05) is 13.0 Å². The van der Waals surface area contributed by atoms with Crippen molar-refractivity contribution in [1.29, 1.82) is 0 Å². The van der Waals surface area contributed by atoms with E-state index in [0.29, 0.717) is 29.8 Å². The molecule has 11 heteroatoms. The second kappa shape index (κ2) is 10.4. The van der Waals surface area contributed by atoms with Crippen molar-refractivity contribution in [2.24, 2.45) is 5.92 Å². The van der Waals surface area contributed by atoms with Crippen LogP contribution in [0.2, 0.25) is 0 Å². The summed E-state index contributed by atoms with van der Waals surface area (Å²) < 4.78 is 45.3. The van der Waals surface area contributed by atoms with E-state index in [4.69, 9.17) is 9.57 Å². The minimum atomic E-state index is -4.42. The van der Waals surface area contributed by atoms with Gasteiger partial charge >= 0.3 is 12.3 Å². The molecule has 0 spiro atoms. The maximum absolute atomic E-state index is 13.4. The number of ether oxygens (including phenoxy) is 1. The van der Waals surface area contributed by atoms with Crippen LogP contribution in [0.5, 0.6) is 0 Å². The predicted octanol–water partition coefficient (Wildman–Crippen LogP) is 4.81. The van der Waals surface area contributed by atoms with Crippen molar-refractivity contribution in [1.82, 2.24) is 14.6 Å². The number of hydrogen-bond donors (Lipinski definition) is 1. The van der Waals surface area contributed by atoms with Gasteiger partial charge in [-0.25, -0.2) is 9.78 Å². The fourth-order valence-electron chi connectivity index (χ4n) is 3.61. The molecule has 0 aliphatic carbocycles. The number of carbonyl (C=O) groups excluding carboxylic acids is 1. The van der Waals surface area contributed by atoms with E-state index in [1.54, 1.807) is 27.7 Å². The Hall–Kier alpha value is -3.24. The van der Waals surface area contributed by atoms with Crippen molar-refractivity contribution in [3.63, 3.8) is 0 Å². The Morgan fingerprint density at radius 2 is 1.78 bits per heavy atom. The summed E-state index contributed by atoms with van der Waals surface area (Å²) >= 11 is 0. The van der Waals surface area contributed by atoms with Gasteiger partial charge in [-0.1, -0.05) is 26.0 Å². The molecule has 36 heavy (non-hydrogen) atoms. The van der Waals surface area contributed by atoms with Crippen LogP contribution < -0.4 is 15.7 Å². The molecule has 198 valence electrons. The highest BCUT2D eigenvalue weighted by Crippen LogP contribution is 2.30. The van der Waals surface area contributed by atoms with Crippen molar-refractivity contribution >= 4 is 12.0 Å². The number of anilines is 1. The molecule has 1 aliphatic rings. The topological polar surface area (TPSA) is 85.7 Å². The van der Waals surface area contributed by atoms with Gasteiger partial charge in [0.15, 0.2) is 0 Å². The molecule has 2 heterocycles. The van der Waals surface area contributed by atoms with Gasteiger partial charge in [0.25, 0.3) is 5.56 Å². The van der Waals surface area contributed by atoms with Gasteiger partial charge in [-0.3, -0.25) is 4.79 Å². The van der Waals surface area contributed by atoms with E-state index < -0.39 is 35.0 Å². The third-order valence-corrected chi connectivity index (χ3v) is 5.46. The summed E-state index contributed by atoms with van der Waals surface area (Å²) in [5.41, 5.74) is -0.400. The van der Waals surface area contributed by atoms with Crippen LogP contribution in [-0.4, -0.2) is 39.5 Å². The summed E-state index contributed by atoms with van der Waals surface area (Å²) in [5.74, 6) is 0.267. The lowest BCUT2D eigenvalue weighted by atomic mass is 10.1. The molecule has 1 N–H and O–H groups in total. The van der Waals surface area contributed by atoms with Gasteiger partial charge in [0.2, 0.25) is 5.95 Å². The first-order chi connectivity index (χ1) is 16.7. The van der Waals surface area contributed by atoms with Crippen LogP contribution in [0.15, 0.2) is 29.1 Å². The molecule has 1 atom stereocenters. The van der Waals surface area contributed by atoms with Crippen molar-refractivity contribution in [2.45, 2.75) is 72.3 Å². The second-order valence-corrected chi connectivity index (χ2v) is 10.3. The van der Waals surface area contributed by atoms with Crippen LogP contribution in [-0.2, 0) is 23.9 Å². The zero-order valence-electron chi connectivity index (χ0n) is 21.4. The smallest absolute Gasteiger partial charge is 0.416 e. The van der Waals surface area contributed by atoms with Gasteiger partial charge in [-0.15, -0.1) is 4.73 Å². The van der Waals surface area contributed by atoms with Crippen LogP contribution in [0.25, 0.3) is 0 Å². The van der Waals surface area contributed by atoms with Crippen molar-refractivity contribution < 1.29 is 27.5 Å². The Balaban J connectivity index is 1.90. The molecular weight excluding hydrogens is 477 g/mol. The van der Waals surface area contributed by atoms with Crippen molar-refractivity contribution in [2.75, 3.05) is 18.5 Å². The molecule has 0 saturated heterocycles. The van der Waals surface area contributed by atoms with E-state index in [1.165, 1.54) is 17.0 Å². The van der Waals surface area contributed by atoms with E-state index >= 15 is 0 Å². The largest absolute Gasteiger partial charge is 0.444 e. The minimum absolute atomic E-state index is 0.0376. The molecule has 1 amide bonds. The number of benzene rings is 1. The molecular formula is C25H33F3N4O4. The summed E-state index contributed by atoms with van der Waals surface area (Å²) in [7, 11) is 0. The van der Waals surface area contributed by atoms with Gasteiger partial charge in [-0.2, -0.15) is 13.2 Å². The molecule has 0 fully saturated rings. The maximum atomic E-state index is 13.4. The quantitative estimate of drug-likeness (QED) is 0.600. The van der Waals surface area contributed by atoms with E-state index in [0.717, 1.165) is 16.9 Å². The fourth-order valence-corrected chi connectivity index (χ4v) is 3.61. The number of rotatable bonds is 6. The van der Waals surface area contributed by atoms with Gasteiger partial charge < -0.3 is 19.8 Å². The monoisotopic (exact) mass is 510 g/mol. The number of halogens is 3. The summed E-state index contributed by atoms with van der Waals surface area (Å²) in [6.07, 6.45) is -4.59. The lowest BCUT2D eigenvalue weighted by Crippen LogP contribution is -2.44. The van der Waals surface area contributed by atoms with Crippen LogP contribution in [0.4, 0.5) is 23.9 Å². The third kappa shape index (κ3) is 6.70. The average Bonchev–Trinajstić information content (AvgIpc) is 2.76. The normalized spacial score (nSPS) is 14.9. The van der Waals surface area contributed by atoms with E-state index in [-0.39, 0.29) is 25.0 Å². The standard InChI is InChI=1S/C25H33F3N4O4/c1-15(2)14-35-32-21(33)19-13-31(23(34)36-24(4,5)6)12-11-20(19)30-22(32)29-16(3)17-7-9-18(10-8-17)25(26,27)28/h7-10,15-16H,11-14H2,1-6H3,(H,29,30). The van der Waals surface area contributed by atoms with Gasteiger partial charge in [-0.05, 0) is 51.3 Å². The first-order valence-electron chi connectivity index (χ1n) is 11.9. The highest BCUT2D eigenvalue weighted by atomic mass is 19.4. The summed E-state index contributed by atoms with van der Waals surface area (Å²) in [6.45, 7) is 11.5. The van der Waals surface area contributed by atoms with E-state index in [9.17, 15) is 22.8 Å². The SMILES string of the molecule is CC(C)COn1c(NC(C)c2ccc(C(F)(F)F)cc2)nc2c(c1=O)CN(C(=O)OC(C)(C)C)CC2. The Labute approximate surface area is 208 Å². The van der Waals surface area contributed by atoms with Gasteiger partial charge in [0.1, 0.15) is 12.2 Å². The number of alkyl halides is 3. The lowest BCUT2D eigenvalue weighted by Gasteiger charge is -2.31. The second-order valence-electron chi connectivity index (χ2n) is 10.3. The van der Waals surface area contributed by atoms with Gasteiger partial charge in [0.05, 0.1) is 29.4 Å². The zero-order chi connectivity index (χ0) is 26.8. The Bertz CT molecular complexity index is 1140.